The average molecular weight is 449 g/mol. The van der Waals surface area contributed by atoms with E-state index in [1.165, 1.54) is 37.3 Å². The number of amides is 1. The van der Waals surface area contributed by atoms with E-state index in [2.05, 4.69) is 10.0 Å². The smallest absolute Gasteiger partial charge is 0.325 e. The Balaban J connectivity index is 2.07. The van der Waals surface area contributed by atoms with Crippen molar-refractivity contribution in [1.82, 2.24) is 4.72 Å². The first kappa shape index (κ1) is 24.0. The molecule has 2 aromatic carbocycles. The lowest BCUT2D eigenvalue weighted by molar-refractivity contribution is -0.384. The highest BCUT2D eigenvalue weighted by Crippen LogP contribution is 2.18. The largest absolute Gasteiger partial charge is 0.451 e. The zero-order valence-corrected chi connectivity index (χ0v) is 18.0. The maximum atomic E-state index is 12.6. The molecule has 166 valence electrons. The van der Waals surface area contributed by atoms with Gasteiger partial charge in [-0.2, -0.15) is 4.72 Å². The number of anilines is 1. The minimum absolute atomic E-state index is 0.00934. The third kappa shape index (κ3) is 6.59. The lowest BCUT2D eigenvalue weighted by Crippen LogP contribution is -2.47. The van der Waals surface area contributed by atoms with E-state index < -0.39 is 44.9 Å². The van der Waals surface area contributed by atoms with Crippen LogP contribution < -0.4 is 10.0 Å². The normalized spacial score (nSPS) is 13.3. The van der Waals surface area contributed by atoms with Crippen molar-refractivity contribution in [2.75, 3.05) is 5.32 Å². The van der Waals surface area contributed by atoms with E-state index in [1.807, 2.05) is 0 Å². The van der Waals surface area contributed by atoms with Crippen LogP contribution in [-0.2, 0) is 24.3 Å². The average Bonchev–Trinajstić information content (AvgIpc) is 2.72. The van der Waals surface area contributed by atoms with Gasteiger partial charge in [0.1, 0.15) is 6.04 Å². The number of carbonyl (C=O) groups is 2. The molecular formula is C20H23N3O7S. The second-order valence-electron chi connectivity index (χ2n) is 7.03. The van der Waals surface area contributed by atoms with Crippen molar-refractivity contribution in [3.8, 4) is 0 Å². The van der Waals surface area contributed by atoms with Crippen LogP contribution in [0.3, 0.4) is 0 Å². The molecule has 0 aliphatic heterocycles. The number of carbonyl (C=O) groups excluding carboxylic acids is 2. The first-order valence-corrected chi connectivity index (χ1v) is 10.8. The third-order valence-electron chi connectivity index (χ3n) is 4.24. The fourth-order valence-electron chi connectivity index (χ4n) is 2.53. The van der Waals surface area contributed by atoms with Gasteiger partial charge in [0, 0.05) is 17.8 Å². The van der Waals surface area contributed by atoms with Gasteiger partial charge in [-0.1, -0.05) is 38.1 Å². The molecule has 2 atom stereocenters. The van der Waals surface area contributed by atoms with Gasteiger partial charge in [-0.25, -0.2) is 8.42 Å². The molecule has 0 aliphatic carbocycles. The van der Waals surface area contributed by atoms with E-state index in [4.69, 9.17) is 4.74 Å². The van der Waals surface area contributed by atoms with Gasteiger partial charge in [0.2, 0.25) is 10.0 Å². The van der Waals surface area contributed by atoms with Gasteiger partial charge >= 0.3 is 5.97 Å². The van der Waals surface area contributed by atoms with Crippen molar-refractivity contribution >= 4 is 33.3 Å². The van der Waals surface area contributed by atoms with Gasteiger partial charge in [0.05, 0.1) is 9.82 Å². The van der Waals surface area contributed by atoms with Crippen LogP contribution in [-0.4, -0.2) is 37.4 Å². The van der Waals surface area contributed by atoms with Crippen molar-refractivity contribution in [1.29, 1.82) is 0 Å². The van der Waals surface area contributed by atoms with Gasteiger partial charge < -0.3 is 10.1 Å². The van der Waals surface area contributed by atoms with Crippen molar-refractivity contribution in [3.05, 3.63) is 64.7 Å². The molecule has 0 saturated carbocycles. The minimum Gasteiger partial charge on any atom is -0.451 e. The molecule has 0 aliphatic rings. The molecule has 0 spiro atoms. The predicted molar refractivity (Wildman–Crippen MR) is 113 cm³/mol. The minimum atomic E-state index is -3.98. The Labute approximate surface area is 179 Å². The zero-order chi connectivity index (χ0) is 23.2. The number of ether oxygens (including phenoxy) is 1. The molecule has 1 amide bonds. The lowest BCUT2D eigenvalue weighted by Gasteiger charge is -2.23. The standard InChI is InChI=1S/C20H23N3O7S/c1-13(2)18(22-31(28,29)17-10-5-4-6-11-17)20(25)30-14(3)19(24)21-15-8-7-9-16(12-15)23(26)27/h4-14,18,22H,1-3H3,(H,21,24). The molecule has 10 nitrogen and oxygen atoms in total. The zero-order valence-electron chi connectivity index (χ0n) is 17.1. The number of nitrogens with zero attached hydrogens (tertiary/aromatic N) is 1. The second kappa shape index (κ2) is 10.1. The van der Waals surface area contributed by atoms with E-state index in [0.717, 1.165) is 6.07 Å². The number of hydrogen-bond acceptors (Lipinski definition) is 7. The number of benzene rings is 2. The van der Waals surface area contributed by atoms with E-state index in [0.29, 0.717) is 0 Å². The molecule has 0 radical (unpaired) electrons. The SMILES string of the molecule is CC(OC(=O)C(NS(=O)(=O)c1ccccc1)C(C)C)C(=O)Nc1cccc([N+](=O)[O-])c1. The molecule has 0 aromatic heterocycles. The van der Waals surface area contributed by atoms with Crippen LogP contribution >= 0.6 is 0 Å². The van der Waals surface area contributed by atoms with Gasteiger partial charge in [0.15, 0.2) is 6.10 Å². The number of nitrogens with one attached hydrogen (secondary N) is 2. The lowest BCUT2D eigenvalue weighted by atomic mass is 10.1. The summed E-state index contributed by atoms with van der Waals surface area (Å²) >= 11 is 0. The Morgan fingerprint density at radius 2 is 1.68 bits per heavy atom. The van der Waals surface area contributed by atoms with Gasteiger partial charge in [-0.05, 0) is 31.0 Å². The molecule has 0 saturated heterocycles. The van der Waals surface area contributed by atoms with Crippen LogP contribution in [0.5, 0.6) is 0 Å². The van der Waals surface area contributed by atoms with Crippen LogP contribution in [0.25, 0.3) is 0 Å². The fraction of sp³-hybridized carbons (Fsp3) is 0.300. The molecule has 2 unspecified atom stereocenters. The number of rotatable bonds is 9. The van der Waals surface area contributed by atoms with E-state index in [-0.39, 0.29) is 16.3 Å². The van der Waals surface area contributed by atoms with E-state index in [1.54, 1.807) is 32.0 Å². The summed E-state index contributed by atoms with van der Waals surface area (Å²) in [6, 6.07) is 11.6. The first-order chi connectivity index (χ1) is 14.5. The summed E-state index contributed by atoms with van der Waals surface area (Å²) < 4.78 is 32.6. The van der Waals surface area contributed by atoms with Crippen LogP contribution in [0.15, 0.2) is 59.5 Å². The molecular weight excluding hydrogens is 426 g/mol. The van der Waals surface area contributed by atoms with Crippen molar-refractivity contribution in [2.24, 2.45) is 5.92 Å². The molecule has 31 heavy (non-hydrogen) atoms. The van der Waals surface area contributed by atoms with Gasteiger partial charge in [-0.15, -0.1) is 0 Å². The summed E-state index contributed by atoms with van der Waals surface area (Å²) in [4.78, 5) is 35.1. The van der Waals surface area contributed by atoms with Crippen LogP contribution in [0, 0.1) is 16.0 Å². The topological polar surface area (TPSA) is 145 Å². The third-order valence-corrected chi connectivity index (χ3v) is 5.70. The first-order valence-electron chi connectivity index (χ1n) is 9.34. The van der Waals surface area contributed by atoms with E-state index in [9.17, 15) is 28.1 Å². The molecule has 2 rings (SSSR count). The summed E-state index contributed by atoms with van der Waals surface area (Å²) in [5.41, 5.74) is -0.0510. The molecule has 2 N–H and O–H groups in total. The van der Waals surface area contributed by atoms with Crippen molar-refractivity contribution in [2.45, 2.75) is 37.8 Å². The Morgan fingerprint density at radius 3 is 2.26 bits per heavy atom. The summed E-state index contributed by atoms with van der Waals surface area (Å²) in [6.07, 6.45) is -1.27. The van der Waals surface area contributed by atoms with Crippen LogP contribution in [0.1, 0.15) is 20.8 Å². The number of non-ortho nitro benzene ring substituents is 1. The predicted octanol–water partition coefficient (Wildman–Crippen LogP) is 2.47. The Morgan fingerprint density at radius 1 is 1.03 bits per heavy atom. The molecule has 0 bridgehead atoms. The van der Waals surface area contributed by atoms with Crippen LogP contribution in [0.2, 0.25) is 0 Å². The molecule has 0 fully saturated rings. The Bertz CT molecular complexity index is 1060. The quantitative estimate of drug-likeness (QED) is 0.340. The number of sulfonamides is 1. The highest BCUT2D eigenvalue weighted by molar-refractivity contribution is 7.89. The van der Waals surface area contributed by atoms with Gasteiger partial charge in [0.25, 0.3) is 11.6 Å². The summed E-state index contributed by atoms with van der Waals surface area (Å²) in [5.74, 6) is -2.10. The number of esters is 1. The van der Waals surface area contributed by atoms with Crippen LogP contribution in [0.4, 0.5) is 11.4 Å². The number of hydrogen-bond donors (Lipinski definition) is 2. The highest BCUT2D eigenvalue weighted by Gasteiger charge is 2.31. The summed E-state index contributed by atoms with van der Waals surface area (Å²) in [7, 11) is -3.98. The molecule has 2 aromatic rings. The second-order valence-corrected chi connectivity index (χ2v) is 8.75. The maximum absolute atomic E-state index is 12.6. The summed E-state index contributed by atoms with van der Waals surface area (Å²) in [5, 5.41) is 13.3. The summed E-state index contributed by atoms with van der Waals surface area (Å²) in [6.45, 7) is 4.58. The Kier molecular flexibility index (Phi) is 7.83. The van der Waals surface area contributed by atoms with E-state index >= 15 is 0 Å². The maximum Gasteiger partial charge on any atom is 0.325 e. The van der Waals surface area contributed by atoms with Gasteiger partial charge in [-0.3, -0.25) is 19.7 Å². The number of nitro benzene ring substituents is 1. The number of nitro groups is 1. The highest BCUT2D eigenvalue weighted by atomic mass is 32.2. The monoisotopic (exact) mass is 449 g/mol. The molecule has 11 heteroatoms. The fourth-order valence-corrected chi connectivity index (χ4v) is 3.89. The van der Waals surface area contributed by atoms with Crippen molar-refractivity contribution < 1.29 is 27.7 Å². The van der Waals surface area contributed by atoms with Crippen molar-refractivity contribution in [3.63, 3.8) is 0 Å². The molecule has 0 heterocycles. The Hall–Kier alpha value is -3.31.